The molecule has 21 heavy (non-hydrogen) atoms. The fourth-order valence-electron chi connectivity index (χ4n) is 3.14. The van der Waals surface area contributed by atoms with Gasteiger partial charge in [0.05, 0.1) is 6.04 Å². The Morgan fingerprint density at radius 3 is 2.90 bits per heavy atom. The standard InChI is InChI=1S/C16H22N4S/c1-10(2)14-15(17-4)18-9-19-16(14)20-7-5-13-12(11(20)3)6-8-21-13/h6,8-11H,5,7H2,1-4H3,(H,17,18,19). The quantitative estimate of drug-likeness (QED) is 0.935. The molecule has 0 fully saturated rings. The van der Waals surface area contributed by atoms with Crippen molar-refractivity contribution < 1.29 is 0 Å². The first kappa shape index (κ1) is 14.3. The number of anilines is 2. The van der Waals surface area contributed by atoms with Crippen LogP contribution in [0, 0.1) is 0 Å². The lowest BCUT2D eigenvalue weighted by molar-refractivity contribution is 0.617. The Morgan fingerprint density at radius 1 is 1.38 bits per heavy atom. The maximum absolute atomic E-state index is 4.62. The zero-order valence-corrected chi connectivity index (χ0v) is 13.9. The van der Waals surface area contributed by atoms with Gasteiger partial charge in [-0.1, -0.05) is 13.8 Å². The Morgan fingerprint density at radius 2 is 2.19 bits per heavy atom. The van der Waals surface area contributed by atoms with Gasteiger partial charge in [0.2, 0.25) is 0 Å². The van der Waals surface area contributed by atoms with Crippen molar-refractivity contribution in [3.63, 3.8) is 0 Å². The van der Waals surface area contributed by atoms with Gasteiger partial charge in [-0.05, 0) is 36.3 Å². The Balaban J connectivity index is 2.05. The highest BCUT2D eigenvalue weighted by Gasteiger charge is 2.28. The van der Waals surface area contributed by atoms with E-state index in [0.717, 1.165) is 24.6 Å². The Bertz CT molecular complexity index is 635. The van der Waals surface area contributed by atoms with Gasteiger partial charge in [0, 0.05) is 24.0 Å². The minimum absolute atomic E-state index is 0.372. The number of nitrogens with zero attached hydrogens (tertiary/aromatic N) is 3. The predicted molar refractivity (Wildman–Crippen MR) is 89.5 cm³/mol. The van der Waals surface area contributed by atoms with Crippen molar-refractivity contribution in [3.8, 4) is 0 Å². The topological polar surface area (TPSA) is 41.1 Å². The van der Waals surface area contributed by atoms with Crippen LogP contribution in [-0.2, 0) is 6.42 Å². The van der Waals surface area contributed by atoms with Crippen LogP contribution in [0.5, 0.6) is 0 Å². The van der Waals surface area contributed by atoms with Crippen LogP contribution in [0.3, 0.4) is 0 Å². The number of fused-ring (bicyclic) bond motifs is 1. The molecule has 0 bridgehead atoms. The van der Waals surface area contributed by atoms with Crippen LogP contribution in [0.1, 0.15) is 48.7 Å². The summed E-state index contributed by atoms with van der Waals surface area (Å²) in [6, 6.07) is 2.63. The fraction of sp³-hybridized carbons (Fsp3) is 0.500. The van der Waals surface area contributed by atoms with E-state index >= 15 is 0 Å². The van der Waals surface area contributed by atoms with E-state index in [1.165, 1.54) is 16.0 Å². The van der Waals surface area contributed by atoms with Gasteiger partial charge in [0.25, 0.3) is 0 Å². The minimum Gasteiger partial charge on any atom is -0.373 e. The number of hydrogen-bond acceptors (Lipinski definition) is 5. The van der Waals surface area contributed by atoms with E-state index in [9.17, 15) is 0 Å². The predicted octanol–water partition coefficient (Wildman–Crippen LogP) is 3.83. The van der Waals surface area contributed by atoms with Crippen molar-refractivity contribution >= 4 is 23.0 Å². The van der Waals surface area contributed by atoms with E-state index in [1.807, 2.05) is 18.4 Å². The van der Waals surface area contributed by atoms with Crippen LogP contribution in [0.2, 0.25) is 0 Å². The molecule has 4 nitrogen and oxygen atoms in total. The van der Waals surface area contributed by atoms with Gasteiger partial charge >= 0.3 is 0 Å². The normalized spacial score (nSPS) is 18.0. The molecule has 1 N–H and O–H groups in total. The van der Waals surface area contributed by atoms with Crippen molar-refractivity contribution in [3.05, 3.63) is 33.8 Å². The molecular formula is C16H22N4S. The monoisotopic (exact) mass is 302 g/mol. The van der Waals surface area contributed by atoms with E-state index in [0.29, 0.717) is 12.0 Å². The molecule has 0 saturated carbocycles. The molecule has 0 saturated heterocycles. The summed E-state index contributed by atoms with van der Waals surface area (Å²) < 4.78 is 0. The van der Waals surface area contributed by atoms with Crippen LogP contribution in [0.4, 0.5) is 11.6 Å². The molecule has 1 atom stereocenters. The first-order valence-electron chi connectivity index (χ1n) is 7.49. The molecule has 2 aromatic heterocycles. The fourth-order valence-corrected chi connectivity index (χ4v) is 4.11. The molecule has 0 amide bonds. The van der Waals surface area contributed by atoms with Crippen molar-refractivity contribution in [2.45, 2.75) is 39.2 Å². The summed E-state index contributed by atoms with van der Waals surface area (Å²) in [5.41, 5.74) is 2.66. The first-order valence-corrected chi connectivity index (χ1v) is 8.37. The SMILES string of the molecule is CNc1ncnc(N2CCc3sccc3C2C)c1C(C)C. The third-order valence-electron chi connectivity index (χ3n) is 4.23. The number of rotatable bonds is 3. The molecule has 112 valence electrons. The summed E-state index contributed by atoms with van der Waals surface area (Å²) in [6.45, 7) is 7.70. The maximum Gasteiger partial charge on any atom is 0.138 e. The molecule has 1 unspecified atom stereocenters. The smallest absolute Gasteiger partial charge is 0.138 e. The van der Waals surface area contributed by atoms with Crippen LogP contribution in [-0.4, -0.2) is 23.6 Å². The summed E-state index contributed by atoms with van der Waals surface area (Å²) in [5.74, 6) is 2.41. The van der Waals surface area contributed by atoms with Gasteiger partial charge in [0.1, 0.15) is 18.0 Å². The zero-order valence-electron chi connectivity index (χ0n) is 13.1. The molecule has 1 aliphatic heterocycles. The van der Waals surface area contributed by atoms with Gasteiger partial charge in [-0.2, -0.15) is 0 Å². The van der Waals surface area contributed by atoms with Gasteiger partial charge in [-0.15, -0.1) is 11.3 Å². The third-order valence-corrected chi connectivity index (χ3v) is 5.22. The van der Waals surface area contributed by atoms with Gasteiger partial charge in [-0.25, -0.2) is 9.97 Å². The van der Waals surface area contributed by atoms with Crippen molar-refractivity contribution in [2.75, 3.05) is 23.8 Å². The summed E-state index contributed by atoms with van der Waals surface area (Å²) >= 11 is 1.87. The second-order valence-corrected chi connectivity index (χ2v) is 6.78. The van der Waals surface area contributed by atoms with Crippen molar-refractivity contribution in [2.24, 2.45) is 0 Å². The molecule has 0 spiro atoms. The summed E-state index contributed by atoms with van der Waals surface area (Å²) in [4.78, 5) is 12.9. The lowest BCUT2D eigenvalue weighted by Gasteiger charge is -2.36. The van der Waals surface area contributed by atoms with E-state index in [2.05, 4.69) is 52.4 Å². The van der Waals surface area contributed by atoms with Crippen LogP contribution in [0.15, 0.2) is 17.8 Å². The first-order chi connectivity index (χ1) is 10.1. The molecule has 3 rings (SSSR count). The van der Waals surface area contributed by atoms with E-state index in [1.54, 1.807) is 6.33 Å². The summed E-state index contributed by atoms with van der Waals surface area (Å²) in [6.07, 6.45) is 2.77. The highest BCUT2D eigenvalue weighted by atomic mass is 32.1. The van der Waals surface area contributed by atoms with E-state index < -0.39 is 0 Å². The largest absolute Gasteiger partial charge is 0.373 e. The molecule has 2 aromatic rings. The van der Waals surface area contributed by atoms with Crippen LogP contribution < -0.4 is 10.2 Å². The molecular weight excluding hydrogens is 280 g/mol. The highest BCUT2D eigenvalue weighted by molar-refractivity contribution is 7.10. The minimum atomic E-state index is 0.372. The molecule has 5 heteroatoms. The van der Waals surface area contributed by atoms with Gasteiger partial charge < -0.3 is 10.2 Å². The highest BCUT2D eigenvalue weighted by Crippen LogP contribution is 2.39. The Kier molecular flexibility index (Phi) is 3.85. The third kappa shape index (κ3) is 2.39. The molecule has 0 radical (unpaired) electrons. The summed E-state index contributed by atoms with van der Waals surface area (Å²) in [7, 11) is 1.93. The van der Waals surface area contributed by atoms with E-state index in [-0.39, 0.29) is 0 Å². The van der Waals surface area contributed by atoms with E-state index in [4.69, 9.17) is 0 Å². The molecule has 0 aliphatic carbocycles. The van der Waals surface area contributed by atoms with Gasteiger partial charge in [-0.3, -0.25) is 0 Å². The maximum atomic E-state index is 4.62. The van der Waals surface area contributed by atoms with Gasteiger partial charge in [0.15, 0.2) is 0 Å². The number of thiophene rings is 1. The second kappa shape index (κ2) is 5.64. The molecule has 0 aromatic carbocycles. The van der Waals surface area contributed by atoms with Crippen molar-refractivity contribution in [1.82, 2.24) is 9.97 Å². The average Bonchev–Trinajstić information content (AvgIpc) is 2.96. The lowest BCUT2D eigenvalue weighted by Crippen LogP contribution is -2.34. The number of aromatic nitrogens is 2. The lowest BCUT2D eigenvalue weighted by atomic mass is 9.98. The second-order valence-electron chi connectivity index (χ2n) is 5.78. The average molecular weight is 302 g/mol. The van der Waals surface area contributed by atoms with Crippen LogP contribution in [0.25, 0.3) is 0 Å². The number of hydrogen-bond donors (Lipinski definition) is 1. The molecule has 3 heterocycles. The summed E-state index contributed by atoms with van der Waals surface area (Å²) in [5, 5.41) is 5.41. The van der Waals surface area contributed by atoms with Crippen molar-refractivity contribution in [1.29, 1.82) is 0 Å². The Labute approximate surface area is 130 Å². The van der Waals surface area contributed by atoms with Crippen LogP contribution >= 0.6 is 11.3 Å². The molecule has 1 aliphatic rings. The Hall–Kier alpha value is -1.62. The number of nitrogens with one attached hydrogen (secondary N) is 1. The zero-order chi connectivity index (χ0) is 15.0.